The van der Waals surface area contributed by atoms with Crippen molar-refractivity contribution in [3.05, 3.63) is 28.8 Å². The maximum absolute atomic E-state index is 12.2. The standard InChI is InChI=1S/C15H21ClN2O/c1-3-12-5-4-8-18(10-12)15(19)17-14-7-6-11(2)9-13(14)16/h6-7,9,12H,3-5,8,10H2,1-2H3,(H,17,19)/t12-/m0/s1. The van der Waals surface area contributed by atoms with Gasteiger partial charge in [-0.05, 0) is 43.4 Å². The number of carbonyl (C=O) groups excluding carboxylic acids is 1. The van der Waals surface area contributed by atoms with Gasteiger partial charge in [0.2, 0.25) is 0 Å². The van der Waals surface area contributed by atoms with Gasteiger partial charge in [-0.15, -0.1) is 0 Å². The molecule has 0 radical (unpaired) electrons. The fourth-order valence-electron chi connectivity index (χ4n) is 2.50. The van der Waals surface area contributed by atoms with Gasteiger partial charge >= 0.3 is 6.03 Å². The van der Waals surface area contributed by atoms with Gasteiger partial charge in [-0.25, -0.2) is 4.79 Å². The summed E-state index contributed by atoms with van der Waals surface area (Å²) in [7, 11) is 0. The van der Waals surface area contributed by atoms with Gasteiger partial charge in [0.1, 0.15) is 0 Å². The van der Waals surface area contributed by atoms with Crippen LogP contribution < -0.4 is 5.32 Å². The molecule has 2 amide bonds. The molecule has 0 bridgehead atoms. The second-order valence-corrected chi connectivity index (χ2v) is 5.68. The van der Waals surface area contributed by atoms with Crippen LogP contribution in [0.25, 0.3) is 0 Å². The Hall–Kier alpha value is -1.22. The highest BCUT2D eigenvalue weighted by Gasteiger charge is 2.22. The molecule has 104 valence electrons. The Morgan fingerprint density at radius 1 is 1.53 bits per heavy atom. The van der Waals surface area contributed by atoms with Crippen LogP contribution in [0.15, 0.2) is 18.2 Å². The number of aryl methyl sites for hydroxylation is 1. The number of hydrogen-bond acceptors (Lipinski definition) is 1. The van der Waals surface area contributed by atoms with Crippen molar-refractivity contribution in [2.24, 2.45) is 5.92 Å². The van der Waals surface area contributed by atoms with Crippen LogP contribution in [-0.4, -0.2) is 24.0 Å². The predicted octanol–water partition coefficient (Wildman–Crippen LogP) is 4.30. The number of carbonyl (C=O) groups is 1. The number of nitrogens with one attached hydrogen (secondary N) is 1. The topological polar surface area (TPSA) is 32.3 Å². The van der Waals surface area contributed by atoms with Gasteiger partial charge in [0.15, 0.2) is 0 Å². The van der Waals surface area contributed by atoms with E-state index in [0.717, 1.165) is 31.5 Å². The summed E-state index contributed by atoms with van der Waals surface area (Å²) in [5, 5.41) is 3.50. The third-order valence-electron chi connectivity index (χ3n) is 3.75. The van der Waals surface area contributed by atoms with Gasteiger partial charge in [0.05, 0.1) is 10.7 Å². The average Bonchev–Trinajstić information content (AvgIpc) is 2.42. The van der Waals surface area contributed by atoms with Crippen LogP contribution in [0, 0.1) is 12.8 Å². The van der Waals surface area contributed by atoms with Crippen molar-refractivity contribution in [1.29, 1.82) is 0 Å². The summed E-state index contributed by atoms with van der Waals surface area (Å²) in [6, 6.07) is 5.63. The average molecular weight is 281 g/mol. The van der Waals surface area contributed by atoms with E-state index in [1.807, 2.05) is 30.0 Å². The molecule has 0 aromatic heterocycles. The first kappa shape index (κ1) is 14.2. The van der Waals surface area contributed by atoms with Gasteiger partial charge in [0, 0.05) is 13.1 Å². The molecule has 1 aliphatic rings. The van der Waals surface area contributed by atoms with Crippen molar-refractivity contribution in [3.8, 4) is 0 Å². The summed E-state index contributed by atoms with van der Waals surface area (Å²) in [4.78, 5) is 14.1. The number of amides is 2. The number of rotatable bonds is 2. The van der Waals surface area contributed by atoms with Crippen LogP contribution in [0.3, 0.4) is 0 Å². The molecule has 0 unspecified atom stereocenters. The minimum Gasteiger partial charge on any atom is -0.324 e. The molecule has 1 heterocycles. The maximum atomic E-state index is 12.2. The molecule has 1 saturated heterocycles. The monoisotopic (exact) mass is 280 g/mol. The molecule has 2 rings (SSSR count). The molecular weight excluding hydrogens is 260 g/mol. The normalized spacial score (nSPS) is 19.3. The van der Waals surface area contributed by atoms with Crippen LogP contribution in [-0.2, 0) is 0 Å². The lowest BCUT2D eigenvalue weighted by Gasteiger charge is -2.32. The van der Waals surface area contributed by atoms with Crippen molar-refractivity contribution < 1.29 is 4.79 Å². The van der Waals surface area contributed by atoms with Crippen molar-refractivity contribution in [2.75, 3.05) is 18.4 Å². The smallest absolute Gasteiger partial charge is 0.321 e. The number of hydrogen-bond donors (Lipinski definition) is 1. The van der Waals surface area contributed by atoms with E-state index in [-0.39, 0.29) is 6.03 Å². The molecule has 0 spiro atoms. The van der Waals surface area contributed by atoms with E-state index in [0.29, 0.717) is 16.6 Å². The maximum Gasteiger partial charge on any atom is 0.321 e. The van der Waals surface area contributed by atoms with Gasteiger partial charge in [-0.3, -0.25) is 0 Å². The lowest BCUT2D eigenvalue weighted by molar-refractivity contribution is 0.176. The first-order valence-corrected chi connectivity index (χ1v) is 7.30. The number of nitrogens with zero attached hydrogens (tertiary/aromatic N) is 1. The molecule has 1 N–H and O–H groups in total. The van der Waals surface area contributed by atoms with E-state index in [2.05, 4.69) is 12.2 Å². The van der Waals surface area contributed by atoms with Crippen molar-refractivity contribution >= 4 is 23.3 Å². The molecule has 1 aromatic carbocycles. The van der Waals surface area contributed by atoms with E-state index in [9.17, 15) is 4.79 Å². The van der Waals surface area contributed by atoms with Gasteiger partial charge < -0.3 is 10.2 Å². The Labute approximate surface area is 119 Å². The Kier molecular flexibility index (Phi) is 4.70. The number of likely N-dealkylation sites (tertiary alicyclic amines) is 1. The first-order valence-electron chi connectivity index (χ1n) is 6.92. The van der Waals surface area contributed by atoms with Crippen LogP contribution in [0.4, 0.5) is 10.5 Å². The van der Waals surface area contributed by atoms with Crippen LogP contribution in [0.5, 0.6) is 0 Å². The molecule has 3 nitrogen and oxygen atoms in total. The zero-order valence-electron chi connectivity index (χ0n) is 11.6. The Bertz CT molecular complexity index is 461. The highest BCUT2D eigenvalue weighted by Crippen LogP contribution is 2.24. The van der Waals surface area contributed by atoms with E-state index in [1.54, 1.807) is 0 Å². The van der Waals surface area contributed by atoms with Gasteiger partial charge in [-0.2, -0.15) is 0 Å². The predicted molar refractivity (Wildman–Crippen MR) is 79.8 cm³/mol. The minimum atomic E-state index is -0.0381. The largest absolute Gasteiger partial charge is 0.324 e. The minimum absolute atomic E-state index is 0.0381. The summed E-state index contributed by atoms with van der Waals surface area (Å²) in [6.45, 7) is 5.86. The SMILES string of the molecule is CC[C@H]1CCCN(C(=O)Nc2ccc(C)cc2Cl)C1. The van der Waals surface area contributed by atoms with Crippen LogP contribution >= 0.6 is 11.6 Å². The second-order valence-electron chi connectivity index (χ2n) is 5.28. The van der Waals surface area contributed by atoms with E-state index in [4.69, 9.17) is 11.6 Å². The number of halogens is 1. The van der Waals surface area contributed by atoms with Crippen molar-refractivity contribution in [1.82, 2.24) is 4.90 Å². The molecule has 4 heteroatoms. The quantitative estimate of drug-likeness (QED) is 0.860. The molecule has 19 heavy (non-hydrogen) atoms. The summed E-state index contributed by atoms with van der Waals surface area (Å²) >= 11 is 6.14. The van der Waals surface area contributed by atoms with Crippen LogP contribution in [0.1, 0.15) is 31.7 Å². The number of benzene rings is 1. The fraction of sp³-hybridized carbons (Fsp3) is 0.533. The van der Waals surface area contributed by atoms with Gasteiger partial charge in [0.25, 0.3) is 0 Å². The highest BCUT2D eigenvalue weighted by molar-refractivity contribution is 6.33. The number of anilines is 1. The summed E-state index contributed by atoms with van der Waals surface area (Å²) < 4.78 is 0. The highest BCUT2D eigenvalue weighted by atomic mass is 35.5. The van der Waals surface area contributed by atoms with E-state index >= 15 is 0 Å². The Morgan fingerprint density at radius 3 is 3.00 bits per heavy atom. The Morgan fingerprint density at radius 2 is 2.32 bits per heavy atom. The molecule has 1 atom stereocenters. The molecule has 1 aliphatic heterocycles. The zero-order valence-corrected chi connectivity index (χ0v) is 12.3. The second kappa shape index (κ2) is 6.29. The van der Waals surface area contributed by atoms with Crippen LogP contribution in [0.2, 0.25) is 5.02 Å². The number of piperidine rings is 1. The third kappa shape index (κ3) is 3.63. The fourth-order valence-corrected chi connectivity index (χ4v) is 2.78. The number of urea groups is 1. The molecule has 1 aromatic rings. The first-order chi connectivity index (χ1) is 9.10. The third-order valence-corrected chi connectivity index (χ3v) is 4.06. The molecule has 0 aliphatic carbocycles. The summed E-state index contributed by atoms with van der Waals surface area (Å²) in [5.41, 5.74) is 1.78. The summed E-state index contributed by atoms with van der Waals surface area (Å²) in [5.74, 6) is 0.632. The lowest BCUT2D eigenvalue weighted by Crippen LogP contribution is -2.42. The van der Waals surface area contributed by atoms with Gasteiger partial charge in [-0.1, -0.05) is 31.0 Å². The lowest BCUT2D eigenvalue weighted by atomic mass is 9.96. The van der Waals surface area contributed by atoms with Crippen molar-refractivity contribution in [3.63, 3.8) is 0 Å². The molecular formula is C15H21ClN2O. The van der Waals surface area contributed by atoms with E-state index < -0.39 is 0 Å². The molecule has 0 saturated carbocycles. The van der Waals surface area contributed by atoms with Crippen molar-refractivity contribution in [2.45, 2.75) is 33.1 Å². The zero-order chi connectivity index (χ0) is 13.8. The van der Waals surface area contributed by atoms with E-state index in [1.165, 1.54) is 6.42 Å². The Balaban J connectivity index is 2.00. The molecule has 1 fully saturated rings. The summed E-state index contributed by atoms with van der Waals surface area (Å²) in [6.07, 6.45) is 3.45.